The highest BCUT2D eigenvalue weighted by atomic mass is 16.5. The fourth-order valence-electron chi connectivity index (χ4n) is 5.20. The summed E-state index contributed by atoms with van der Waals surface area (Å²) in [6.07, 6.45) is 6.17. The van der Waals surface area contributed by atoms with Crippen molar-refractivity contribution in [3.63, 3.8) is 0 Å². The number of hydrogen-bond donors (Lipinski definition) is 1. The van der Waals surface area contributed by atoms with Crippen LogP contribution in [0.1, 0.15) is 59.5 Å². The van der Waals surface area contributed by atoms with Crippen molar-refractivity contribution in [2.24, 2.45) is 7.05 Å². The molecule has 4 aromatic rings. The maximum Gasteiger partial charge on any atom is 0.335 e. The molecule has 1 fully saturated rings. The first kappa shape index (κ1) is 21.3. The number of aromatic carboxylic acids is 1. The van der Waals surface area contributed by atoms with Gasteiger partial charge in [0.2, 0.25) is 0 Å². The molecule has 0 radical (unpaired) electrons. The maximum atomic E-state index is 11.6. The molecule has 3 aromatic carbocycles. The molecule has 0 bridgehead atoms. The molecule has 0 amide bonds. The third-order valence-corrected chi connectivity index (χ3v) is 6.88. The minimum absolute atomic E-state index is 0.328. The molecule has 168 valence electrons. The average molecular weight is 440 g/mol. The molecule has 1 aromatic heterocycles. The minimum atomic E-state index is -0.890. The number of fused-ring (bicyclic) bond motifs is 1. The summed E-state index contributed by atoms with van der Waals surface area (Å²) in [5, 5.41) is 10.7. The maximum absolute atomic E-state index is 11.6. The zero-order chi connectivity index (χ0) is 22.8. The van der Waals surface area contributed by atoms with Crippen LogP contribution < -0.4 is 4.74 Å². The smallest absolute Gasteiger partial charge is 0.335 e. The Kier molecular flexibility index (Phi) is 5.91. The summed E-state index contributed by atoms with van der Waals surface area (Å²) in [5.41, 5.74) is 6.14. The quantitative estimate of drug-likeness (QED) is 0.346. The molecule has 1 aliphatic carbocycles. The Balaban J connectivity index is 1.53. The second-order valence-corrected chi connectivity index (χ2v) is 8.99. The Labute approximate surface area is 194 Å². The molecular formula is C29H29NO3. The molecule has 0 atom stereocenters. The molecule has 0 saturated heterocycles. The van der Waals surface area contributed by atoms with Crippen molar-refractivity contribution in [2.75, 3.05) is 0 Å². The van der Waals surface area contributed by atoms with E-state index in [1.807, 2.05) is 42.5 Å². The van der Waals surface area contributed by atoms with Crippen LogP contribution in [0, 0.1) is 0 Å². The van der Waals surface area contributed by atoms with Crippen LogP contribution >= 0.6 is 0 Å². The van der Waals surface area contributed by atoms with Gasteiger partial charge in [0.25, 0.3) is 0 Å². The topological polar surface area (TPSA) is 51.5 Å². The van der Waals surface area contributed by atoms with Gasteiger partial charge in [0.15, 0.2) is 0 Å². The van der Waals surface area contributed by atoms with E-state index in [-0.39, 0.29) is 0 Å². The van der Waals surface area contributed by atoms with Gasteiger partial charge in [-0.05, 0) is 71.8 Å². The van der Waals surface area contributed by atoms with E-state index >= 15 is 0 Å². The minimum Gasteiger partial charge on any atom is -0.489 e. The van der Waals surface area contributed by atoms with Gasteiger partial charge < -0.3 is 14.4 Å². The Morgan fingerprint density at radius 3 is 2.39 bits per heavy atom. The number of carbonyl (C=O) groups is 1. The number of rotatable bonds is 6. The van der Waals surface area contributed by atoms with Gasteiger partial charge in [-0.1, -0.05) is 55.7 Å². The number of aryl methyl sites for hydroxylation is 1. The van der Waals surface area contributed by atoms with Crippen molar-refractivity contribution >= 4 is 16.9 Å². The van der Waals surface area contributed by atoms with Crippen LogP contribution in [0.15, 0.2) is 72.8 Å². The van der Waals surface area contributed by atoms with E-state index in [2.05, 4.69) is 35.9 Å². The van der Waals surface area contributed by atoms with Gasteiger partial charge in [0.05, 0.1) is 11.3 Å². The summed E-state index contributed by atoms with van der Waals surface area (Å²) in [5.74, 6) is 0.453. The second kappa shape index (κ2) is 9.14. The zero-order valence-corrected chi connectivity index (χ0v) is 19.0. The van der Waals surface area contributed by atoms with Crippen LogP contribution in [0.5, 0.6) is 5.75 Å². The van der Waals surface area contributed by atoms with Gasteiger partial charge in [-0.25, -0.2) is 4.79 Å². The molecule has 1 saturated carbocycles. The van der Waals surface area contributed by atoms with Gasteiger partial charge in [-0.3, -0.25) is 0 Å². The first-order valence-corrected chi connectivity index (χ1v) is 11.7. The predicted octanol–water partition coefficient (Wildman–Crippen LogP) is 7.17. The Morgan fingerprint density at radius 1 is 0.970 bits per heavy atom. The molecule has 1 aliphatic rings. The number of nitrogens with zero attached hydrogens (tertiary/aromatic N) is 1. The molecule has 0 spiro atoms. The van der Waals surface area contributed by atoms with E-state index < -0.39 is 5.97 Å². The van der Waals surface area contributed by atoms with Crippen LogP contribution in [-0.4, -0.2) is 15.6 Å². The molecule has 5 rings (SSSR count). The van der Waals surface area contributed by atoms with E-state index in [0.717, 1.165) is 22.4 Å². The fraction of sp³-hybridized carbons (Fsp3) is 0.276. The van der Waals surface area contributed by atoms with Gasteiger partial charge in [0, 0.05) is 18.0 Å². The van der Waals surface area contributed by atoms with Crippen LogP contribution in [0.4, 0.5) is 0 Å². The zero-order valence-electron chi connectivity index (χ0n) is 19.0. The Morgan fingerprint density at radius 2 is 1.70 bits per heavy atom. The van der Waals surface area contributed by atoms with E-state index in [4.69, 9.17) is 4.74 Å². The molecule has 4 nitrogen and oxygen atoms in total. The van der Waals surface area contributed by atoms with Crippen LogP contribution in [0.2, 0.25) is 0 Å². The molecule has 4 heteroatoms. The number of benzene rings is 3. The average Bonchev–Trinajstić information content (AvgIpc) is 3.16. The lowest BCUT2D eigenvalue weighted by molar-refractivity contribution is 0.0697. The van der Waals surface area contributed by atoms with Crippen molar-refractivity contribution in [1.29, 1.82) is 0 Å². The number of hydrogen-bond acceptors (Lipinski definition) is 2. The third-order valence-electron chi connectivity index (χ3n) is 6.88. The third kappa shape index (κ3) is 4.25. The number of aromatic nitrogens is 1. The molecular weight excluding hydrogens is 410 g/mol. The Bertz CT molecular complexity index is 1270. The largest absolute Gasteiger partial charge is 0.489 e. The lowest BCUT2D eigenvalue weighted by Crippen LogP contribution is -2.06. The van der Waals surface area contributed by atoms with E-state index in [1.54, 1.807) is 6.07 Å². The summed E-state index contributed by atoms with van der Waals surface area (Å²) < 4.78 is 8.16. The highest BCUT2D eigenvalue weighted by Crippen LogP contribution is 2.44. The summed E-state index contributed by atoms with van der Waals surface area (Å²) in [7, 11) is 2.05. The van der Waals surface area contributed by atoms with Gasteiger partial charge in [-0.2, -0.15) is 0 Å². The summed E-state index contributed by atoms with van der Waals surface area (Å²) in [6, 6.07) is 24.0. The summed E-state index contributed by atoms with van der Waals surface area (Å²) in [6.45, 7) is 0.541. The molecule has 1 N–H and O–H groups in total. The van der Waals surface area contributed by atoms with Gasteiger partial charge >= 0.3 is 5.97 Å². The van der Waals surface area contributed by atoms with Crippen LogP contribution in [0.25, 0.3) is 22.2 Å². The highest BCUT2D eigenvalue weighted by molar-refractivity contribution is 5.98. The van der Waals surface area contributed by atoms with Crippen molar-refractivity contribution in [2.45, 2.75) is 44.6 Å². The Hall–Kier alpha value is -3.53. The van der Waals surface area contributed by atoms with E-state index in [9.17, 15) is 9.90 Å². The monoisotopic (exact) mass is 439 g/mol. The van der Waals surface area contributed by atoms with Gasteiger partial charge in [0.1, 0.15) is 12.4 Å². The SMILES string of the molecule is Cn1c(-c2ccc(OCc3ccccc3)cc2)c(C2CCCCC2)c2ccc(C(=O)O)cc21. The lowest BCUT2D eigenvalue weighted by Gasteiger charge is -2.23. The summed E-state index contributed by atoms with van der Waals surface area (Å²) >= 11 is 0. The second-order valence-electron chi connectivity index (χ2n) is 8.99. The highest BCUT2D eigenvalue weighted by Gasteiger charge is 2.26. The van der Waals surface area contributed by atoms with Crippen molar-refractivity contribution in [3.8, 4) is 17.0 Å². The van der Waals surface area contributed by atoms with Crippen molar-refractivity contribution in [1.82, 2.24) is 4.57 Å². The molecule has 0 unspecified atom stereocenters. The molecule has 1 heterocycles. The molecule has 33 heavy (non-hydrogen) atoms. The van der Waals surface area contributed by atoms with Crippen LogP contribution in [-0.2, 0) is 13.7 Å². The van der Waals surface area contributed by atoms with Crippen LogP contribution in [0.3, 0.4) is 0 Å². The number of carboxylic acid groups (broad SMARTS) is 1. The normalized spacial score (nSPS) is 14.5. The van der Waals surface area contributed by atoms with E-state index in [0.29, 0.717) is 18.1 Å². The molecule has 0 aliphatic heterocycles. The van der Waals surface area contributed by atoms with Crippen molar-refractivity contribution in [3.05, 3.63) is 89.5 Å². The number of ether oxygens (including phenoxy) is 1. The predicted molar refractivity (Wildman–Crippen MR) is 132 cm³/mol. The lowest BCUT2D eigenvalue weighted by atomic mass is 9.82. The number of carboxylic acids is 1. The summed E-state index contributed by atoms with van der Waals surface area (Å²) in [4.78, 5) is 11.6. The first-order chi connectivity index (χ1) is 16.1. The first-order valence-electron chi connectivity index (χ1n) is 11.7. The standard InChI is InChI=1S/C29H29NO3/c1-30-26-18-23(29(31)32)14-17-25(26)27(21-10-6-3-7-11-21)28(30)22-12-15-24(16-13-22)33-19-20-8-4-2-5-9-20/h2,4-5,8-9,12-18,21H,3,6-7,10-11,19H2,1H3,(H,31,32). The fourth-order valence-corrected chi connectivity index (χ4v) is 5.20. The van der Waals surface area contributed by atoms with E-state index in [1.165, 1.54) is 48.7 Å². The van der Waals surface area contributed by atoms with Gasteiger partial charge in [-0.15, -0.1) is 0 Å². The van der Waals surface area contributed by atoms with Crippen molar-refractivity contribution < 1.29 is 14.6 Å².